The molecule has 0 saturated carbocycles. The fraction of sp³-hybridized carbons (Fsp3) is 0.381. The van der Waals surface area contributed by atoms with Gasteiger partial charge in [0.1, 0.15) is 0 Å². The molecular formula is C21H25NO3S. The van der Waals surface area contributed by atoms with Crippen molar-refractivity contribution in [1.29, 1.82) is 0 Å². The van der Waals surface area contributed by atoms with E-state index in [1.807, 2.05) is 6.92 Å². The van der Waals surface area contributed by atoms with Gasteiger partial charge in [0.15, 0.2) is 9.84 Å². The van der Waals surface area contributed by atoms with Crippen LogP contribution in [-0.2, 0) is 28.4 Å². The Hall–Kier alpha value is -2.14. The molecule has 2 aromatic carbocycles. The molecule has 138 valence electrons. The molecule has 1 aliphatic rings. The van der Waals surface area contributed by atoms with Gasteiger partial charge in [-0.2, -0.15) is 0 Å². The second kappa shape index (κ2) is 7.62. The average molecular weight is 372 g/mol. The zero-order valence-corrected chi connectivity index (χ0v) is 16.1. The summed E-state index contributed by atoms with van der Waals surface area (Å²) in [7, 11) is -3.07. The number of hydrogen-bond acceptors (Lipinski definition) is 3. The third-order valence-corrected chi connectivity index (χ3v) is 5.72. The van der Waals surface area contributed by atoms with Crippen molar-refractivity contribution in [2.24, 2.45) is 0 Å². The lowest BCUT2D eigenvalue weighted by molar-refractivity contribution is 0.0940. The summed E-state index contributed by atoms with van der Waals surface area (Å²) in [6.07, 6.45) is 5.96. The Kier molecular flexibility index (Phi) is 5.47. The zero-order chi connectivity index (χ0) is 18.7. The second-order valence-corrected chi connectivity index (χ2v) is 9.34. The molecule has 2 aromatic rings. The maximum absolute atomic E-state index is 12.5. The van der Waals surface area contributed by atoms with Crippen LogP contribution in [0.3, 0.4) is 0 Å². The molecule has 0 bridgehead atoms. The Labute approximate surface area is 155 Å². The number of fused-ring (bicyclic) bond motifs is 1. The monoisotopic (exact) mass is 371 g/mol. The summed E-state index contributed by atoms with van der Waals surface area (Å²) >= 11 is 0. The molecule has 0 spiro atoms. The van der Waals surface area contributed by atoms with E-state index in [0.29, 0.717) is 11.1 Å². The highest BCUT2D eigenvalue weighted by atomic mass is 32.2. The van der Waals surface area contributed by atoms with Gasteiger partial charge in [0.25, 0.3) is 5.91 Å². The van der Waals surface area contributed by atoms with Gasteiger partial charge >= 0.3 is 0 Å². The summed E-state index contributed by atoms with van der Waals surface area (Å²) in [5, 5.41) is 3.03. The molecule has 1 amide bonds. The van der Waals surface area contributed by atoms with E-state index in [1.165, 1.54) is 30.2 Å². The Balaban J connectivity index is 1.67. The van der Waals surface area contributed by atoms with Gasteiger partial charge in [-0.05, 0) is 67.0 Å². The highest BCUT2D eigenvalue weighted by Gasteiger charge is 2.15. The number of hydrogen-bond donors (Lipinski definition) is 1. The lowest BCUT2D eigenvalue weighted by Crippen LogP contribution is -2.26. The first-order chi connectivity index (χ1) is 12.3. The van der Waals surface area contributed by atoms with E-state index in [1.54, 1.807) is 24.3 Å². The highest BCUT2D eigenvalue weighted by molar-refractivity contribution is 7.89. The van der Waals surface area contributed by atoms with Gasteiger partial charge in [0.2, 0.25) is 0 Å². The lowest BCUT2D eigenvalue weighted by Gasteiger charge is -2.20. The molecule has 0 radical (unpaired) electrons. The predicted octanol–water partition coefficient (Wildman–Crippen LogP) is 3.60. The Morgan fingerprint density at radius 1 is 1.04 bits per heavy atom. The smallest absolute Gasteiger partial charge is 0.251 e. The average Bonchev–Trinajstić information content (AvgIpc) is 2.60. The molecule has 5 heteroatoms. The summed E-state index contributed by atoms with van der Waals surface area (Å²) < 4.78 is 22.7. The molecule has 0 aliphatic heterocycles. The fourth-order valence-electron chi connectivity index (χ4n) is 3.44. The van der Waals surface area contributed by atoms with Gasteiger partial charge < -0.3 is 5.32 Å². The van der Waals surface area contributed by atoms with Crippen molar-refractivity contribution in [1.82, 2.24) is 5.32 Å². The third-order valence-electron chi connectivity index (χ3n) is 4.87. The molecule has 1 unspecified atom stereocenters. The van der Waals surface area contributed by atoms with Gasteiger partial charge in [-0.15, -0.1) is 0 Å². The van der Waals surface area contributed by atoms with Crippen molar-refractivity contribution in [3.8, 4) is 0 Å². The van der Waals surface area contributed by atoms with Crippen LogP contribution in [-0.4, -0.2) is 20.6 Å². The largest absolute Gasteiger partial charge is 0.346 e. The Morgan fingerprint density at radius 3 is 2.35 bits per heavy atom. The van der Waals surface area contributed by atoms with Gasteiger partial charge in [-0.3, -0.25) is 4.79 Å². The number of rotatable bonds is 5. The first-order valence-corrected chi connectivity index (χ1v) is 11.1. The Morgan fingerprint density at radius 2 is 1.69 bits per heavy atom. The van der Waals surface area contributed by atoms with Gasteiger partial charge in [0, 0.05) is 11.8 Å². The van der Waals surface area contributed by atoms with Crippen molar-refractivity contribution in [3.63, 3.8) is 0 Å². The summed E-state index contributed by atoms with van der Waals surface area (Å²) in [5.41, 5.74) is 5.17. The standard InChI is InChI=1S/C21H25NO3S/c1-15(19-12-11-17-5-3-4-6-20(17)13-19)22-21(23)18-9-7-16(8-10-18)14-26(2,24)25/h7-13,15H,3-6,14H2,1-2H3,(H,22,23). The molecule has 1 N–H and O–H groups in total. The van der Waals surface area contributed by atoms with Crippen LogP contribution in [0.1, 0.15) is 58.4 Å². The number of amides is 1. The minimum atomic E-state index is -3.07. The second-order valence-electron chi connectivity index (χ2n) is 7.20. The molecule has 1 aliphatic carbocycles. The summed E-state index contributed by atoms with van der Waals surface area (Å²) in [4.78, 5) is 12.5. The van der Waals surface area contributed by atoms with E-state index in [9.17, 15) is 13.2 Å². The molecule has 0 fully saturated rings. The van der Waals surface area contributed by atoms with Crippen LogP contribution in [0.5, 0.6) is 0 Å². The SMILES string of the molecule is CC(NC(=O)c1ccc(CS(C)(=O)=O)cc1)c1ccc2c(c1)CCCC2. The quantitative estimate of drug-likeness (QED) is 0.873. The topological polar surface area (TPSA) is 63.2 Å². The minimum absolute atomic E-state index is 0.0135. The predicted molar refractivity (Wildman–Crippen MR) is 104 cm³/mol. The van der Waals surface area contributed by atoms with Crippen molar-refractivity contribution in [2.45, 2.75) is 44.4 Å². The van der Waals surface area contributed by atoms with Crippen molar-refractivity contribution in [3.05, 3.63) is 70.3 Å². The number of nitrogens with one attached hydrogen (secondary N) is 1. The zero-order valence-electron chi connectivity index (χ0n) is 15.3. The van der Waals surface area contributed by atoms with E-state index < -0.39 is 9.84 Å². The molecule has 0 saturated heterocycles. The number of carbonyl (C=O) groups excluding carboxylic acids is 1. The van der Waals surface area contributed by atoms with Crippen LogP contribution < -0.4 is 5.32 Å². The number of carbonyl (C=O) groups is 1. The van der Waals surface area contributed by atoms with Crippen molar-refractivity contribution < 1.29 is 13.2 Å². The number of benzene rings is 2. The minimum Gasteiger partial charge on any atom is -0.346 e. The number of sulfone groups is 1. The highest BCUT2D eigenvalue weighted by Crippen LogP contribution is 2.25. The van der Waals surface area contributed by atoms with Crippen LogP contribution in [0.4, 0.5) is 0 Å². The lowest BCUT2D eigenvalue weighted by atomic mass is 9.89. The van der Waals surface area contributed by atoms with Crippen molar-refractivity contribution >= 4 is 15.7 Å². The first kappa shape index (κ1) is 18.6. The van der Waals surface area contributed by atoms with Crippen LogP contribution in [0.2, 0.25) is 0 Å². The molecule has 4 nitrogen and oxygen atoms in total. The van der Waals surface area contributed by atoms with Gasteiger partial charge in [-0.25, -0.2) is 8.42 Å². The first-order valence-electron chi connectivity index (χ1n) is 9.01. The molecule has 26 heavy (non-hydrogen) atoms. The Bertz CT molecular complexity index is 901. The summed E-state index contributed by atoms with van der Waals surface area (Å²) in [6.45, 7) is 1.99. The molecule has 1 atom stereocenters. The molecule has 0 heterocycles. The van der Waals surface area contributed by atoms with Crippen LogP contribution in [0.25, 0.3) is 0 Å². The molecule has 3 rings (SSSR count). The number of aryl methyl sites for hydroxylation is 2. The van der Waals surface area contributed by atoms with E-state index in [-0.39, 0.29) is 17.7 Å². The summed E-state index contributed by atoms with van der Waals surface area (Å²) in [5.74, 6) is -0.165. The third kappa shape index (κ3) is 4.73. The fourth-order valence-corrected chi connectivity index (χ4v) is 4.24. The summed E-state index contributed by atoms with van der Waals surface area (Å²) in [6, 6.07) is 13.2. The molecular weight excluding hydrogens is 346 g/mol. The van der Waals surface area contributed by atoms with Crippen LogP contribution in [0, 0.1) is 0 Å². The van der Waals surface area contributed by atoms with Crippen LogP contribution >= 0.6 is 0 Å². The maximum atomic E-state index is 12.5. The van der Waals surface area contributed by atoms with E-state index in [4.69, 9.17) is 0 Å². The van der Waals surface area contributed by atoms with Gasteiger partial charge in [0.05, 0.1) is 11.8 Å². The van der Waals surface area contributed by atoms with Gasteiger partial charge in [-0.1, -0.05) is 30.3 Å². The van der Waals surface area contributed by atoms with Crippen molar-refractivity contribution in [2.75, 3.05) is 6.26 Å². The maximum Gasteiger partial charge on any atom is 0.251 e. The van der Waals surface area contributed by atoms with E-state index >= 15 is 0 Å². The van der Waals surface area contributed by atoms with E-state index in [0.717, 1.165) is 18.4 Å². The molecule has 0 aromatic heterocycles. The van der Waals surface area contributed by atoms with Crippen LogP contribution in [0.15, 0.2) is 42.5 Å². The normalized spacial score (nSPS) is 15.2. The van der Waals surface area contributed by atoms with E-state index in [2.05, 4.69) is 23.5 Å².